The van der Waals surface area contributed by atoms with Gasteiger partial charge in [0.25, 0.3) is 0 Å². The zero-order valence-corrected chi connectivity index (χ0v) is 11.4. The Bertz CT molecular complexity index is 395. The summed E-state index contributed by atoms with van der Waals surface area (Å²) in [7, 11) is 0. The Labute approximate surface area is 110 Å². The van der Waals surface area contributed by atoms with Gasteiger partial charge >= 0.3 is 0 Å². The second kappa shape index (κ2) is 6.42. The summed E-state index contributed by atoms with van der Waals surface area (Å²) in [4.78, 5) is 0. The SMILES string of the molecule is CC(C#N)C1CCC(C(C)C#N)C(C(C)C#N)C1. The van der Waals surface area contributed by atoms with Crippen molar-refractivity contribution in [1.82, 2.24) is 0 Å². The van der Waals surface area contributed by atoms with Crippen LogP contribution in [0.5, 0.6) is 0 Å². The molecule has 1 fully saturated rings. The third kappa shape index (κ3) is 3.02. The van der Waals surface area contributed by atoms with Crippen LogP contribution in [0.4, 0.5) is 0 Å². The summed E-state index contributed by atoms with van der Waals surface area (Å²) < 4.78 is 0. The van der Waals surface area contributed by atoms with E-state index in [0.29, 0.717) is 11.8 Å². The second-order valence-corrected chi connectivity index (χ2v) is 5.65. The fourth-order valence-electron chi connectivity index (χ4n) is 3.21. The van der Waals surface area contributed by atoms with Gasteiger partial charge in [0, 0.05) is 17.8 Å². The first-order valence-electron chi connectivity index (χ1n) is 6.74. The smallest absolute Gasteiger partial charge is 0.0655 e. The van der Waals surface area contributed by atoms with E-state index in [9.17, 15) is 0 Å². The van der Waals surface area contributed by atoms with Crippen molar-refractivity contribution in [1.29, 1.82) is 15.8 Å². The molecule has 0 heterocycles. The molecule has 0 amide bonds. The molecule has 0 bridgehead atoms. The van der Waals surface area contributed by atoms with Gasteiger partial charge in [-0.1, -0.05) is 0 Å². The Morgan fingerprint density at radius 1 is 0.778 bits per heavy atom. The van der Waals surface area contributed by atoms with Crippen molar-refractivity contribution in [3.05, 3.63) is 0 Å². The molecule has 6 unspecified atom stereocenters. The molecular formula is C15H21N3. The van der Waals surface area contributed by atoms with Gasteiger partial charge in [0.05, 0.1) is 18.2 Å². The van der Waals surface area contributed by atoms with Crippen LogP contribution < -0.4 is 0 Å². The van der Waals surface area contributed by atoms with E-state index in [-0.39, 0.29) is 23.7 Å². The predicted octanol–water partition coefficient (Wildman–Crippen LogP) is 3.50. The summed E-state index contributed by atoms with van der Waals surface area (Å²) in [5.41, 5.74) is 0. The lowest BCUT2D eigenvalue weighted by molar-refractivity contribution is 0.108. The molecule has 1 aliphatic rings. The molecule has 1 saturated carbocycles. The minimum atomic E-state index is -0.0282. The number of rotatable bonds is 3. The maximum Gasteiger partial charge on any atom is 0.0655 e. The van der Waals surface area contributed by atoms with Crippen molar-refractivity contribution in [3.8, 4) is 18.2 Å². The number of hydrogen-bond donors (Lipinski definition) is 0. The first-order valence-corrected chi connectivity index (χ1v) is 6.74. The van der Waals surface area contributed by atoms with Crippen LogP contribution in [0.25, 0.3) is 0 Å². The van der Waals surface area contributed by atoms with Gasteiger partial charge in [-0.3, -0.25) is 0 Å². The van der Waals surface area contributed by atoms with E-state index in [0.717, 1.165) is 19.3 Å². The first-order chi connectivity index (χ1) is 8.54. The van der Waals surface area contributed by atoms with Gasteiger partial charge in [-0.25, -0.2) is 0 Å². The standard InChI is InChI=1S/C15H21N3/c1-10(7-16)13-4-5-14(11(2)8-17)15(6-13)12(3)9-18/h10-15H,4-6H2,1-3H3. The van der Waals surface area contributed by atoms with Crippen molar-refractivity contribution in [2.45, 2.75) is 40.0 Å². The molecule has 0 N–H and O–H groups in total. The fraction of sp³-hybridized carbons (Fsp3) is 0.800. The molecule has 0 aromatic heterocycles. The Morgan fingerprint density at radius 3 is 1.78 bits per heavy atom. The highest BCUT2D eigenvalue weighted by atomic mass is 14.4. The predicted molar refractivity (Wildman–Crippen MR) is 68.7 cm³/mol. The Balaban J connectivity index is 2.84. The molecule has 0 aromatic rings. The number of hydrogen-bond acceptors (Lipinski definition) is 3. The van der Waals surface area contributed by atoms with Gasteiger partial charge in [-0.15, -0.1) is 0 Å². The molecule has 0 aromatic carbocycles. The molecule has 3 nitrogen and oxygen atoms in total. The quantitative estimate of drug-likeness (QED) is 0.761. The summed E-state index contributed by atoms with van der Waals surface area (Å²) in [6, 6.07) is 6.98. The molecular weight excluding hydrogens is 222 g/mol. The Hall–Kier alpha value is -1.53. The van der Waals surface area contributed by atoms with E-state index in [1.807, 2.05) is 20.8 Å². The van der Waals surface area contributed by atoms with Crippen LogP contribution in [0.15, 0.2) is 0 Å². The topological polar surface area (TPSA) is 71.4 Å². The van der Waals surface area contributed by atoms with Crippen molar-refractivity contribution in [2.24, 2.45) is 35.5 Å². The van der Waals surface area contributed by atoms with Crippen LogP contribution in [0.3, 0.4) is 0 Å². The highest BCUT2D eigenvalue weighted by Crippen LogP contribution is 2.43. The fourth-order valence-corrected chi connectivity index (χ4v) is 3.21. The van der Waals surface area contributed by atoms with Crippen LogP contribution in [0.1, 0.15) is 40.0 Å². The van der Waals surface area contributed by atoms with Gasteiger partial charge in [-0.05, 0) is 57.8 Å². The van der Waals surface area contributed by atoms with Crippen molar-refractivity contribution in [2.75, 3.05) is 0 Å². The molecule has 1 aliphatic carbocycles. The van der Waals surface area contributed by atoms with E-state index in [1.54, 1.807) is 0 Å². The van der Waals surface area contributed by atoms with Gasteiger partial charge < -0.3 is 0 Å². The Kier molecular flexibility index (Phi) is 5.18. The Morgan fingerprint density at radius 2 is 1.28 bits per heavy atom. The number of nitrogens with zero attached hydrogens (tertiary/aromatic N) is 3. The zero-order chi connectivity index (χ0) is 13.7. The second-order valence-electron chi connectivity index (χ2n) is 5.65. The molecule has 1 rings (SSSR count). The van der Waals surface area contributed by atoms with Gasteiger partial charge in [0.15, 0.2) is 0 Å². The zero-order valence-electron chi connectivity index (χ0n) is 11.4. The third-order valence-electron chi connectivity index (χ3n) is 4.60. The van der Waals surface area contributed by atoms with Crippen LogP contribution in [-0.4, -0.2) is 0 Å². The van der Waals surface area contributed by atoms with Crippen molar-refractivity contribution < 1.29 is 0 Å². The van der Waals surface area contributed by atoms with E-state index < -0.39 is 0 Å². The van der Waals surface area contributed by atoms with Crippen LogP contribution >= 0.6 is 0 Å². The normalized spacial score (nSPS) is 32.3. The van der Waals surface area contributed by atoms with Crippen LogP contribution in [0, 0.1) is 69.5 Å². The van der Waals surface area contributed by atoms with Gasteiger partial charge in [0.1, 0.15) is 0 Å². The lowest BCUT2D eigenvalue weighted by atomic mass is 9.63. The molecule has 18 heavy (non-hydrogen) atoms. The molecule has 0 radical (unpaired) electrons. The number of nitriles is 3. The monoisotopic (exact) mass is 243 g/mol. The molecule has 0 spiro atoms. The lowest BCUT2D eigenvalue weighted by Crippen LogP contribution is -2.34. The summed E-state index contributed by atoms with van der Waals surface area (Å²) >= 11 is 0. The summed E-state index contributed by atoms with van der Waals surface area (Å²) in [5, 5.41) is 27.3. The van der Waals surface area contributed by atoms with Crippen molar-refractivity contribution >= 4 is 0 Å². The molecule has 96 valence electrons. The van der Waals surface area contributed by atoms with Crippen molar-refractivity contribution in [3.63, 3.8) is 0 Å². The van der Waals surface area contributed by atoms with E-state index in [1.165, 1.54) is 0 Å². The largest absolute Gasteiger partial charge is 0.198 e. The van der Waals surface area contributed by atoms with E-state index in [4.69, 9.17) is 15.8 Å². The molecule has 0 aliphatic heterocycles. The summed E-state index contributed by atoms with van der Waals surface area (Å²) in [6.07, 6.45) is 2.91. The van der Waals surface area contributed by atoms with Crippen LogP contribution in [0.2, 0.25) is 0 Å². The van der Waals surface area contributed by atoms with E-state index >= 15 is 0 Å². The maximum absolute atomic E-state index is 9.14. The third-order valence-corrected chi connectivity index (χ3v) is 4.60. The van der Waals surface area contributed by atoms with Gasteiger partial charge in [-0.2, -0.15) is 15.8 Å². The molecule has 0 saturated heterocycles. The highest BCUT2D eigenvalue weighted by molar-refractivity contribution is 4.99. The summed E-state index contributed by atoms with van der Waals surface area (Å²) in [6.45, 7) is 5.86. The minimum absolute atomic E-state index is 0.00384. The van der Waals surface area contributed by atoms with Crippen LogP contribution in [-0.2, 0) is 0 Å². The minimum Gasteiger partial charge on any atom is -0.198 e. The first kappa shape index (κ1) is 14.5. The summed E-state index contributed by atoms with van der Waals surface area (Å²) in [5.74, 6) is 0.990. The molecule has 6 atom stereocenters. The van der Waals surface area contributed by atoms with E-state index in [2.05, 4.69) is 18.2 Å². The van der Waals surface area contributed by atoms with Gasteiger partial charge in [0.2, 0.25) is 0 Å². The maximum atomic E-state index is 9.14. The lowest BCUT2D eigenvalue weighted by Gasteiger charge is -2.39. The average molecular weight is 243 g/mol. The molecule has 3 heteroatoms. The highest BCUT2D eigenvalue weighted by Gasteiger charge is 2.38. The average Bonchev–Trinajstić information content (AvgIpc) is 2.43.